The van der Waals surface area contributed by atoms with Gasteiger partial charge >= 0.3 is 6.03 Å². The van der Waals surface area contributed by atoms with Gasteiger partial charge in [-0.2, -0.15) is 0 Å². The number of ether oxygens (including phenoxy) is 2. The number of benzene rings is 1. The second kappa shape index (κ2) is 8.92. The Morgan fingerprint density at radius 3 is 2.62 bits per heavy atom. The molecule has 0 radical (unpaired) electrons. The van der Waals surface area contributed by atoms with Crippen LogP contribution < -0.4 is 15.4 Å². The summed E-state index contributed by atoms with van der Waals surface area (Å²) in [6, 6.07) is 8.07. The highest BCUT2D eigenvalue weighted by molar-refractivity contribution is 5.73. The van der Waals surface area contributed by atoms with Gasteiger partial charge < -0.3 is 20.1 Å². The van der Waals surface area contributed by atoms with Crippen LogP contribution in [-0.4, -0.2) is 38.4 Å². The van der Waals surface area contributed by atoms with E-state index >= 15 is 0 Å². The molecule has 24 heavy (non-hydrogen) atoms. The van der Waals surface area contributed by atoms with E-state index in [9.17, 15) is 4.79 Å². The summed E-state index contributed by atoms with van der Waals surface area (Å²) in [5.41, 5.74) is 1.44. The van der Waals surface area contributed by atoms with Crippen LogP contribution in [0.2, 0.25) is 0 Å². The van der Waals surface area contributed by atoms with Gasteiger partial charge in [-0.1, -0.05) is 32.9 Å². The Kier molecular flexibility index (Phi) is 6.91. The van der Waals surface area contributed by atoms with Crippen LogP contribution in [0.15, 0.2) is 24.3 Å². The van der Waals surface area contributed by atoms with Gasteiger partial charge in [0.25, 0.3) is 0 Å². The molecular weight excluding hydrogens is 304 g/mol. The van der Waals surface area contributed by atoms with Crippen molar-refractivity contribution in [3.63, 3.8) is 0 Å². The molecule has 1 atom stereocenters. The van der Waals surface area contributed by atoms with Gasteiger partial charge in [0.2, 0.25) is 0 Å². The van der Waals surface area contributed by atoms with Gasteiger partial charge in [-0.05, 0) is 42.4 Å². The first-order chi connectivity index (χ1) is 11.4. The lowest BCUT2D eigenvalue weighted by Gasteiger charge is -2.19. The third-order valence-corrected chi connectivity index (χ3v) is 4.11. The van der Waals surface area contributed by atoms with Gasteiger partial charge in [-0.3, -0.25) is 0 Å². The van der Waals surface area contributed by atoms with E-state index in [4.69, 9.17) is 9.47 Å². The van der Waals surface area contributed by atoms with Crippen molar-refractivity contribution in [1.29, 1.82) is 0 Å². The molecule has 1 aromatic rings. The van der Waals surface area contributed by atoms with Crippen LogP contribution in [-0.2, 0) is 10.2 Å². The van der Waals surface area contributed by atoms with Crippen molar-refractivity contribution in [1.82, 2.24) is 10.6 Å². The normalized spacial score (nSPS) is 17.5. The zero-order valence-electron chi connectivity index (χ0n) is 15.1. The summed E-state index contributed by atoms with van der Waals surface area (Å²) in [4.78, 5) is 11.6. The minimum atomic E-state index is -0.139. The first-order valence-electron chi connectivity index (χ1n) is 8.82. The molecule has 1 saturated heterocycles. The summed E-state index contributed by atoms with van der Waals surface area (Å²) in [6.07, 6.45) is 3.06. The van der Waals surface area contributed by atoms with E-state index in [0.29, 0.717) is 19.7 Å². The molecule has 1 aromatic carbocycles. The highest BCUT2D eigenvalue weighted by Gasteiger charge is 2.16. The maximum absolute atomic E-state index is 11.6. The Bertz CT molecular complexity index is 502. The molecule has 0 saturated carbocycles. The van der Waals surface area contributed by atoms with Gasteiger partial charge in [0.05, 0.1) is 12.7 Å². The third-order valence-electron chi connectivity index (χ3n) is 4.11. The van der Waals surface area contributed by atoms with Gasteiger partial charge in [0, 0.05) is 19.7 Å². The molecule has 1 aliphatic heterocycles. The Hall–Kier alpha value is -1.75. The molecule has 134 valence electrons. The lowest BCUT2D eigenvalue weighted by Crippen LogP contribution is -2.40. The molecule has 2 amide bonds. The Balaban J connectivity index is 1.55. The fourth-order valence-electron chi connectivity index (χ4n) is 2.59. The average Bonchev–Trinajstić information content (AvgIpc) is 3.05. The van der Waals surface area contributed by atoms with Crippen LogP contribution in [0, 0.1) is 0 Å². The molecule has 0 spiro atoms. The second-order valence-corrected chi connectivity index (χ2v) is 7.25. The Morgan fingerprint density at radius 1 is 1.25 bits per heavy atom. The average molecular weight is 334 g/mol. The summed E-state index contributed by atoms with van der Waals surface area (Å²) < 4.78 is 11.2. The van der Waals surface area contributed by atoms with Gasteiger partial charge in [-0.15, -0.1) is 0 Å². The third kappa shape index (κ3) is 6.40. The fraction of sp³-hybridized carbons (Fsp3) is 0.632. The molecule has 1 aliphatic rings. The van der Waals surface area contributed by atoms with Crippen molar-refractivity contribution in [3.05, 3.63) is 29.8 Å². The summed E-state index contributed by atoms with van der Waals surface area (Å²) in [7, 11) is 0. The van der Waals surface area contributed by atoms with Crippen LogP contribution in [0.4, 0.5) is 4.79 Å². The maximum atomic E-state index is 11.6. The predicted octanol–water partition coefficient (Wildman–Crippen LogP) is 3.23. The smallest absolute Gasteiger partial charge is 0.314 e. The van der Waals surface area contributed by atoms with E-state index in [-0.39, 0.29) is 17.6 Å². The van der Waals surface area contributed by atoms with Crippen LogP contribution >= 0.6 is 0 Å². The number of rotatable bonds is 7. The van der Waals surface area contributed by atoms with Crippen molar-refractivity contribution in [3.8, 4) is 5.75 Å². The Labute approximate surface area is 145 Å². The standard InChI is InChI=1S/C19H30N2O3/c1-19(2,3)15-7-9-16(10-8-15)23-13-5-11-20-18(22)21-14-17-6-4-12-24-17/h7-10,17H,4-6,11-14H2,1-3H3,(H2,20,21,22). The molecule has 1 fully saturated rings. The maximum Gasteiger partial charge on any atom is 0.314 e. The highest BCUT2D eigenvalue weighted by Crippen LogP contribution is 2.24. The lowest BCUT2D eigenvalue weighted by atomic mass is 9.87. The summed E-state index contributed by atoms with van der Waals surface area (Å²) in [6.45, 7) is 9.15. The molecule has 0 aromatic heterocycles. The van der Waals surface area contributed by atoms with Crippen molar-refractivity contribution in [2.45, 2.75) is 51.6 Å². The molecular formula is C19H30N2O3. The lowest BCUT2D eigenvalue weighted by molar-refractivity contribution is 0.111. The molecule has 0 aliphatic carbocycles. The van der Waals surface area contributed by atoms with E-state index in [1.165, 1.54) is 5.56 Å². The van der Waals surface area contributed by atoms with E-state index in [2.05, 4.69) is 43.5 Å². The van der Waals surface area contributed by atoms with Gasteiger partial charge in [-0.25, -0.2) is 4.79 Å². The monoisotopic (exact) mass is 334 g/mol. The summed E-state index contributed by atoms with van der Waals surface area (Å²) >= 11 is 0. The first-order valence-corrected chi connectivity index (χ1v) is 8.82. The van der Waals surface area contributed by atoms with Crippen LogP contribution in [0.5, 0.6) is 5.75 Å². The first kappa shape index (κ1) is 18.6. The van der Waals surface area contributed by atoms with Crippen molar-refractivity contribution < 1.29 is 14.3 Å². The zero-order valence-corrected chi connectivity index (χ0v) is 15.1. The van der Waals surface area contributed by atoms with E-state index in [1.54, 1.807) is 0 Å². The quantitative estimate of drug-likeness (QED) is 0.753. The van der Waals surface area contributed by atoms with Crippen molar-refractivity contribution >= 4 is 6.03 Å². The molecule has 0 bridgehead atoms. The summed E-state index contributed by atoms with van der Waals surface area (Å²) in [5.74, 6) is 0.867. The molecule has 1 heterocycles. The van der Waals surface area contributed by atoms with E-state index in [0.717, 1.165) is 31.6 Å². The number of amides is 2. The molecule has 5 nitrogen and oxygen atoms in total. The minimum Gasteiger partial charge on any atom is -0.494 e. The fourth-order valence-corrected chi connectivity index (χ4v) is 2.59. The highest BCUT2D eigenvalue weighted by atomic mass is 16.5. The number of carbonyl (C=O) groups is 1. The van der Waals surface area contributed by atoms with Crippen LogP contribution in [0.1, 0.15) is 45.6 Å². The van der Waals surface area contributed by atoms with E-state index in [1.807, 2.05) is 12.1 Å². The van der Waals surface area contributed by atoms with Crippen molar-refractivity contribution in [2.24, 2.45) is 0 Å². The zero-order chi connectivity index (χ0) is 17.4. The van der Waals surface area contributed by atoms with Gasteiger partial charge in [0.15, 0.2) is 0 Å². The number of hydrogen-bond acceptors (Lipinski definition) is 3. The predicted molar refractivity (Wildman–Crippen MR) is 95.6 cm³/mol. The van der Waals surface area contributed by atoms with Gasteiger partial charge in [0.1, 0.15) is 5.75 Å². The Morgan fingerprint density at radius 2 is 2.00 bits per heavy atom. The van der Waals surface area contributed by atoms with Crippen LogP contribution in [0.25, 0.3) is 0 Å². The number of urea groups is 1. The largest absolute Gasteiger partial charge is 0.494 e. The van der Waals surface area contributed by atoms with E-state index < -0.39 is 0 Å². The molecule has 2 rings (SSSR count). The second-order valence-electron chi connectivity index (χ2n) is 7.25. The molecule has 2 N–H and O–H groups in total. The molecule has 1 unspecified atom stereocenters. The molecule has 5 heteroatoms. The van der Waals surface area contributed by atoms with Crippen molar-refractivity contribution in [2.75, 3.05) is 26.3 Å². The summed E-state index contributed by atoms with van der Waals surface area (Å²) in [5, 5.41) is 5.67. The SMILES string of the molecule is CC(C)(C)c1ccc(OCCCNC(=O)NCC2CCCO2)cc1. The number of carbonyl (C=O) groups excluding carboxylic acids is 1. The topological polar surface area (TPSA) is 59.6 Å². The van der Waals surface area contributed by atoms with Crippen LogP contribution in [0.3, 0.4) is 0 Å². The minimum absolute atomic E-state index is 0.139. The number of hydrogen-bond donors (Lipinski definition) is 2. The number of nitrogens with one attached hydrogen (secondary N) is 2.